The van der Waals surface area contributed by atoms with Gasteiger partial charge in [-0.15, -0.1) is 0 Å². The van der Waals surface area contributed by atoms with Crippen molar-refractivity contribution in [2.45, 2.75) is 38.8 Å². The van der Waals surface area contributed by atoms with E-state index in [1.165, 1.54) is 18.4 Å². The minimum Gasteiger partial charge on any atom is -0.338 e. The van der Waals surface area contributed by atoms with Gasteiger partial charge in [-0.1, -0.05) is 19.1 Å². The first-order chi connectivity index (χ1) is 8.78. The van der Waals surface area contributed by atoms with Crippen molar-refractivity contribution in [1.29, 1.82) is 0 Å². The molecule has 98 valence electrons. The first kappa shape index (κ1) is 12.9. The van der Waals surface area contributed by atoms with Gasteiger partial charge in [0.05, 0.1) is 0 Å². The Hall–Kier alpha value is -1.55. The zero-order valence-electron chi connectivity index (χ0n) is 10.8. The fourth-order valence-electron chi connectivity index (χ4n) is 1.72. The van der Waals surface area contributed by atoms with Crippen LogP contribution in [0.25, 0.3) is 0 Å². The highest BCUT2D eigenvalue weighted by Crippen LogP contribution is 2.19. The van der Waals surface area contributed by atoms with Crippen LogP contribution in [0.4, 0.5) is 10.5 Å². The van der Waals surface area contributed by atoms with E-state index in [9.17, 15) is 4.79 Å². The van der Waals surface area contributed by atoms with Crippen LogP contribution in [0.1, 0.15) is 31.7 Å². The Morgan fingerprint density at radius 1 is 1.39 bits per heavy atom. The molecule has 1 aromatic rings. The van der Waals surface area contributed by atoms with Gasteiger partial charge < -0.3 is 16.0 Å². The van der Waals surface area contributed by atoms with Crippen LogP contribution >= 0.6 is 0 Å². The summed E-state index contributed by atoms with van der Waals surface area (Å²) in [5, 5.41) is 9.10. The van der Waals surface area contributed by atoms with Crippen LogP contribution in [0.15, 0.2) is 24.3 Å². The minimum absolute atomic E-state index is 0.135. The van der Waals surface area contributed by atoms with Crippen LogP contribution in [-0.2, 0) is 6.54 Å². The highest BCUT2D eigenvalue weighted by molar-refractivity contribution is 5.89. The Labute approximate surface area is 108 Å². The van der Waals surface area contributed by atoms with Crippen molar-refractivity contribution in [1.82, 2.24) is 10.6 Å². The summed E-state index contributed by atoms with van der Waals surface area (Å²) in [6.07, 6.45) is 3.52. The lowest BCUT2D eigenvalue weighted by molar-refractivity contribution is 0.252. The molecule has 0 bridgehead atoms. The van der Waals surface area contributed by atoms with Gasteiger partial charge in [0.1, 0.15) is 0 Å². The Morgan fingerprint density at radius 3 is 2.94 bits per heavy atom. The number of hydrogen-bond acceptors (Lipinski definition) is 2. The molecule has 18 heavy (non-hydrogen) atoms. The summed E-state index contributed by atoms with van der Waals surface area (Å²) in [7, 11) is 0. The van der Waals surface area contributed by atoms with Crippen molar-refractivity contribution in [3.8, 4) is 0 Å². The second-order valence-electron chi connectivity index (χ2n) is 4.74. The number of carbonyl (C=O) groups is 1. The van der Waals surface area contributed by atoms with Crippen LogP contribution in [-0.4, -0.2) is 18.6 Å². The summed E-state index contributed by atoms with van der Waals surface area (Å²) < 4.78 is 0. The molecule has 1 aliphatic carbocycles. The molecule has 4 heteroatoms. The van der Waals surface area contributed by atoms with Gasteiger partial charge in [0.15, 0.2) is 0 Å². The molecule has 0 aromatic heterocycles. The molecule has 1 saturated carbocycles. The normalized spacial score (nSPS) is 14.3. The standard InChI is InChI=1S/C14H21N3O/c1-2-8-15-14(18)17-13-5-3-4-11(9-13)10-16-12-6-7-12/h3-5,9,12,16H,2,6-8,10H2,1H3,(H2,15,17,18). The highest BCUT2D eigenvalue weighted by Gasteiger charge is 2.19. The summed E-state index contributed by atoms with van der Waals surface area (Å²) in [6.45, 7) is 3.61. The number of rotatable bonds is 6. The van der Waals surface area contributed by atoms with E-state index in [1.807, 2.05) is 25.1 Å². The lowest BCUT2D eigenvalue weighted by atomic mass is 10.2. The number of anilines is 1. The molecule has 0 aliphatic heterocycles. The molecule has 1 aliphatic rings. The minimum atomic E-state index is -0.135. The third-order valence-corrected chi connectivity index (χ3v) is 2.89. The molecule has 0 unspecified atom stereocenters. The molecular formula is C14H21N3O. The van der Waals surface area contributed by atoms with E-state index in [0.717, 1.165) is 18.7 Å². The van der Waals surface area contributed by atoms with Gasteiger partial charge in [-0.3, -0.25) is 0 Å². The number of nitrogens with one attached hydrogen (secondary N) is 3. The molecule has 3 N–H and O–H groups in total. The van der Waals surface area contributed by atoms with Crippen molar-refractivity contribution in [2.24, 2.45) is 0 Å². The second-order valence-corrected chi connectivity index (χ2v) is 4.74. The summed E-state index contributed by atoms with van der Waals surface area (Å²) in [4.78, 5) is 11.5. The average molecular weight is 247 g/mol. The molecule has 0 atom stereocenters. The summed E-state index contributed by atoms with van der Waals surface area (Å²) in [5.41, 5.74) is 2.05. The van der Waals surface area contributed by atoms with E-state index in [1.54, 1.807) is 0 Å². The summed E-state index contributed by atoms with van der Waals surface area (Å²) in [6, 6.07) is 8.54. The number of hydrogen-bond donors (Lipinski definition) is 3. The van der Waals surface area contributed by atoms with Crippen LogP contribution < -0.4 is 16.0 Å². The molecule has 1 fully saturated rings. The van der Waals surface area contributed by atoms with E-state index in [0.29, 0.717) is 12.6 Å². The first-order valence-electron chi connectivity index (χ1n) is 6.65. The third-order valence-electron chi connectivity index (χ3n) is 2.89. The van der Waals surface area contributed by atoms with Crippen LogP contribution in [0.5, 0.6) is 0 Å². The zero-order valence-corrected chi connectivity index (χ0v) is 10.8. The molecule has 2 amide bonds. The maximum atomic E-state index is 11.5. The van der Waals surface area contributed by atoms with Gasteiger partial charge in [-0.2, -0.15) is 0 Å². The number of carbonyl (C=O) groups excluding carboxylic acids is 1. The van der Waals surface area contributed by atoms with Crippen LogP contribution in [0.3, 0.4) is 0 Å². The fraction of sp³-hybridized carbons (Fsp3) is 0.500. The maximum absolute atomic E-state index is 11.5. The van der Waals surface area contributed by atoms with Gasteiger partial charge in [-0.05, 0) is 37.0 Å². The molecule has 2 rings (SSSR count). The van der Waals surface area contributed by atoms with E-state index < -0.39 is 0 Å². The number of amides is 2. The maximum Gasteiger partial charge on any atom is 0.319 e. The lowest BCUT2D eigenvalue weighted by Crippen LogP contribution is -2.29. The molecular weight excluding hydrogens is 226 g/mol. The zero-order chi connectivity index (χ0) is 12.8. The molecule has 4 nitrogen and oxygen atoms in total. The Morgan fingerprint density at radius 2 is 2.22 bits per heavy atom. The lowest BCUT2D eigenvalue weighted by Gasteiger charge is -2.09. The van der Waals surface area contributed by atoms with E-state index in [-0.39, 0.29) is 6.03 Å². The molecule has 0 heterocycles. The van der Waals surface area contributed by atoms with Gasteiger partial charge in [0.25, 0.3) is 0 Å². The van der Waals surface area contributed by atoms with E-state index in [4.69, 9.17) is 0 Å². The Kier molecular flexibility index (Phi) is 4.59. The van der Waals surface area contributed by atoms with Crippen molar-refractivity contribution >= 4 is 11.7 Å². The van der Waals surface area contributed by atoms with Gasteiger partial charge in [0, 0.05) is 24.8 Å². The predicted octanol–water partition coefficient (Wildman–Crippen LogP) is 2.47. The number of benzene rings is 1. The Bertz CT molecular complexity index is 402. The molecule has 1 aromatic carbocycles. The third kappa shape index (κ3) is 4.37. The fourth-order valence-corrected chi connectivity index (χ4v) is 1.72. The smallest absolute Gasteiger partial charge is 0.319 e. The van der Waals surface area contributed by atoms with Crippen LogP contribution in [0.2, 0.25) is 0 Å². The largest absolute Gasteiger partial charge is 0.338 e. The van der Waals surface area contributed by atoms with Gasteiger partial charge in [0.2, 0.25) is 0 Å². The molecule has 0 saturated heterocycles. The summed E-state index contributed by atoms with van der Waals surface area (Å²) in [5.74, 6) is 0. The summed E-state index contributed by atoms with van der Waals surface area (Å²) >= 11 is 0. The van der Waals surface area contributed by atoms with E-state index in [2.05, 4.69) is 22.0 Å². The predicted molar refractivity (Wildman–Crippen MR) is 73.6 cm³/mol. The van der Waals surface area contributed by atoms with E-state index >= 15 is 0 Å². The van der Waals surface area contributed by atoms with Gasteiger partial charge in [-0.25, -0.2) is 4.79 Å². The molecule has 0 spiro atoms. The van der Waals surface area contributed by atoms with Crippen LogP contribution in [0, 0.1) is 0 Å². The average Bonchev–Trinajstić information content (AvgIpc) is 3.18. The molecule has 0 radical (unpaired) electrons. The Balaban J connectivity index is 1.83. The topological polar surface area (TPSA) is 53.2 Å². The monoisotopic (exact) mass is 247 g/mol. The van der Waals surface area contributed by atoms with Crippen molar-refractivity contribution in [3.63, 3.8) is 0 Å². The highest BCUT2D eigenvalue weighted by atomic mass is 16.2. The quantitative estimate of drug-likeness (QED) is 0.723. The second kappa shape index (κ2) is 6.40. The number of urea groups is 1. The van der Waals surface area contributed by atoms with Gasteiger partial charge >= 0.3 is 6.03 Å². The van der Waals surface area contributed by atoms with Crippen molar-refractivity contribution < 1.29 is 4.79 Å². The SMILES string of the molecule is CCCNC(=O)Nc1cccc(CNC2CC2)c1. The van der Waals surface area contributed by atoms with Crippen molar-refractivity contribution in [3.05, 3.63) is 29.8 Å². The van der Waals surface area contributed by atoms with Crippen molar-refractivity contribution in [2.75, 3.05) is 11.9 Å². The first-order valence-corrected chi connectivity index (χ1v) is 6.65.